The lowest BCUT2D eigenvalue weighted by molar-refractivity contribution is -0.137. The maximum absolute atomic E-state index is 13.0. The molecule has 0 bridgehead atoms. The van der Waals surface area contributed by atoms with Gasteiger partial charge in [-0.3, -0.25) is 9.59 Å². The summed E-state index contributed by atoms with van der Waals surface area (Å²) in [6, 6.07) is 4.03. The van der Waals surface area contributed by atoms with Gasteiger partial charge in [0.25, 0.3) is 5.91 Å². The molecule has 1 aliphatic carbocycles. The standard InChI is InChI=1S/C25H38F3N3O4S/c1-16(2)31(6)20-10-11-21(18(13-20)15-36(34,35)24(3,4)5)30-22(32)14-29-23(33)17-8-7-9-19(12-17)25(26,27)28/h7-9,12,16,18,20-21H,10-11,13-15H2,1-6H3,(H,29,33)(H,30,32)/t18-,20+,21-/m0/s1. The van der Waals surface area contributed by atoms with E-state index in [9.17, 15) is 31.2 Å². The summed E-state index contributed by atoms with van der Waals surface area (Å²) < 4.78 is 63.7. The first-order valence-corrected chi connectivity index (χ1v) is 13.8. The Morgan fingerprint density at radius 3 is 2.33 bits per heavy atom. The van der Waals surface area contributed by atoms with Gasteiger partial charge in [-0.1, -0.05) is 6.07 Å². The third-order valence-corrected chi connectivity index (χ3v) is 9.65. The Bertz CT molecular complexity index is 1040. The summed E-state index contributed by atoms with van der Waals surface area (Å²) in [4.78, 5) is 27.2. The Kier molecular flexibility index (Phi) is 9.61. The van der Waals surface area contributed by atoms with Gasteiger partial charge in [0.05, 0.1) is 22.6 Å². The van der Waals surface area contributed by atoms with E-state index in [-0.39, 0.29) is 29.3 Å². The van der Waals surface area contributed by atoms with Gasteiger partial charge in [0.2, 0.25) is 5.91 Å². The molecule has 0 saturated heterocycles. The lowest BCUT2D eigenvalue weighted by atomic mass is 9.81. The zero-order valence-corrected chi connectivity index (χ0v) is 22.6. The maximum Gasteiger partial charge on any atom is 0.416 e. The number of nitrogens with one attached hydrogen (secondary N) is 2. The highest BCUT2D eigenvalue weighted by Gasteiger charge is 2.39. The molecule has 0 spiro atoms. The fourth-order valence-electron chi connectivity index (χ4n) is 4.29. The largest absolute Gasteiger partial charge is 0.416 e. The number of alkyl halides is 3. The molecule has 1 aromatic carbocycles. The zero-order chi connectivity index (χ0) is 27.5. The van der Waals surface area contributed by atoms with Crippen LogP contribution in [0, 0.1) is 5.92 Å². The normalized spacial score (nSPS) is 21.5. The summed E-state index contributed by atoms with van der Waals surface area (Å²) in [6.45, 7) is 8.67. The highest BCUT2D eigenvalue weighted by atomic mass is 32.2. The number of rotatable bonds is 8. The Morgan fingerprint density at radius 1 is 1.14 bits per heavy atom. The minimum atomic E-state index is -4.58. The van der Waals surface area contributed by atoms with Crippen molar-refractivity contribution in [3.63, 3.8) is 0 Å². The average Bonchev–Trinajstić information content (AvgIpc) is 2.76. The SMILES string of the molecule is CC(C)N(C)[C@@H]1CC[C@H](NC(=O)CNC(=O)c2cccc(C(F)(F)F)c2)[C@H](CS(=O)(=O)C(C)(C)C)C1. The molecule has 2 rings (SSSR count). The number of halogens is 3. The summed E-state index contributed by atoms with van der Waals surface area (Å²) in [5.41, 5.74) is -1.16. The first-order chi connectivity index (χ1) is 16.4. The van der Waals surface area contributed by atoms with E-state index in [2.05, 4.69) is 29.4 Å². The molecule has 0 unspecified atom stereocenters. The molecule has 1 aliphatic rings. The topological polar surface area (TPSA) is 95.6 Å². The predicted molar refractivity (Wildman–Crippen MR) is 133 cm³/mol. The van der Waals surface area contributed by atoms with Crippen LogP contribution in [0.5, 0.6) is 0 Å². The number of carbonyl (C=O) groups is 2. The van der Waals surface area contributed by atoms with Crippen LogP contribution in [0.25, 0.3) is 0 Å². The number of sulfone groups is 1. The number of hydrogen-bond donors (Lipinski definition) is 2. The number of amides is 2. The van der Waals surface area contributed by atoms with Crippen LogP contribution in [0.15, 0.2) is 24.3 Å². The fourth-order valence-corrected chi connectivity index (χ4v) is 5.73. The van der Waals surface area contributed by atoms with Crippen molar-refractivity contribution in [2.45, 2.75) is 82.9 Å². The molecule has 2 amide bonds. The van der Waals surface area contributed by atoms with E-state index in [1.807, 2.05) is 7.05 Å². The summed E-state index contributed by atoms with van der Waals surface area (Å²) in [7, 11) is -1.44. The van der Waals surface area contributed by atoms with Gasteiger partial charge in [-0.2, -0.15) is 13.2 Å². The van der Waals surface area contributed by atoms with Gasteiger partial charge in [0.15, 0.2) is 9.84 Å². The molecule has 0 heterocycles. The van der Waals surface area contributed by atoms with Gasteiger partial charge in [-0.05, 0) is 85.0 Å². The molecule has 0 aromatic heterocycles. The molecule has 11 heteroatoms. The van der Waals surface area contributed by atoms with E-state index < -0.39 is 50.7 Å². The predicted octanol–water partition coefficient (Wildman–Crippen LogP) is 3.64. The van der Waals surface area contributed by atoms with Gasteiger partial charge in [0.1, 0.15) is 0 Å². The number of nitrogens with zero attached hydrogens (tertiary/aromatic N) is 1. The van der Waals surface area contributed by atoms with Crippen LogP contribution in [-0.4, -0.2) is 67.3 Å². The molecule has 1 fully saturated rings. The molecule has 2 N–H and O–H groups in total. The molecule has 1 aromatic rings. The second kappa shape index (κ2) is 11.5. The highest BCUT2D eigenvalue weighted by Crippen LogP contribution is 2.32. The van der Waals surface area contributed by atoms with E-state index in [4.69, 9.17) is 0 Å². The molecule has 204 valence electrons. The minimum Gasteiger partial charge on any atom is -0.352 e. The third-order valence-electron chi connectivity index (χ3n) is 6.92. The highest BCUT2D eigenvalue weighted by molar-refractivity contribution is 7.92. The molecular weight excluding hydrogens is 495 g/mol. The van der Waals surface area contributed by atoms with Crippen molar-refractivity contribution in [3.05, 3.63) is 35.4 Å². The first-order valence-electron chi connectivity index (χ1n) is 12.1. The summed E-state index contributed by atoms with van der Waals surface area (Å²) in [6.07, 6.45) is -2.62. The smallest absolute Gasteiger partial charge is 0.352 e. The van der Waals surface area contributed by atoms with E-state index in [0.29, 0.717) is 12.8 Å². The zero-order valence-electron chi connectivity index (χ0n) is 21.8. The van der Waals surface area contributed by atoms with Gasteiger partial charge < -0.3 is 15.5 Å². The van der Waals surface area contributed by atoms with Crippen molar-refractivity contribution < 1.29 is 31.2 Å². The third kappa shape index (κ3) is 7.93. The van der Waals surface area contributed by atoms with Gasteiger partial charge >= 0.3 is 6.18 Å². The van der Waals surface area contributed by atoms with Crippen molar-refractivity contribution in [1.82, 2.24) is 15.5 Å². The lowest BCUT2D eigenvalue weighted by Gasteiger charge is -2.42. The van der Waals surface area contributed by atoms with Crippen molar-refractivity contribution in [2.75, 3.05) is 19.3 Å². The monoisotopic (exact) mass is 533 g/mol. The lowest BCUT2D eigenvalue weighted by Crippen LogP contribution is -2.53. The molecule has 36 heavy (non-hydrogen) atoms. The van der Waals surface area contributed by atoms with Gasteiger partial charge in [-0.15, -0.1) is 0 Å². The van der Waals surface area contributed by atoms with Crippen LogP contribution < -0.4 is 10.6 Å². The Morgan fingerprint density at radius 2 is 1.78 bits per heavy atom. The maximum atomic E-state index is 13.0. The van der Waals surface area contributed by atoms with Crippen LogP contribution in [-0.2, 0) is 20.8 Å². The van der Waals surface area contributed by atoms with Crippen LogP contribution in [0.4, 0.5) is 13.2 Å². The van der Waals surface area contributed by atoms with Crippen LogP contribution >= 0.6 is 0 Å². The molecule has 0 radical (unpaired) electrons. The van der Waals surface area contributed by atoms with Crippen LogP contribution in [0.3, 0.4) is 0 Å². The van der Waals surface area contributed by atoms with E-state index >= 15 is 0 Å². The minimum absolute atomic E-state index is 0.0690. The molecule has 0 aliphatic heterocycles. The van der Waals surface area contributed by atoms with Crippen molar-refractivity contribution in [2.24, 2.45) is 5.92 Å². The van der Waals surface area contributed by atoms with E-state index in [1.54, 1.807) is 20.8 Å². The molecule has 7 nitrogen and oxygen atoms in total. The Labute approximate surface area is 212 Å². The summed E-state index contributed by atoms with van der Waals surface area (Å²) in [5.74, 6) is -1.70. The van der Waals surface area contributed by atoms with Gasteiger partial charge in [-0.25, -0.2) is 8.42 Å². The number of carbonyl (C=O) groups excluding carboxylic acids is 2. The second-order valence-corrected chi connectivity index (χ2v) is 13.6. The Hall–Kier alpha value is -2.14. The molecular formula is C25H38F3N3O4S. The first kappa shape index (κ1) is 30.1. The van der Waals surface area contributed by atoms with E-state index in [0.717, 1.165) is 24.6 Å². The van der Waals surface area contributed by atoms with Crippen molar-refractivity contribution >= 4 is 21.7 Å². The molecule has 3 atom stereocenters. The van der Waals surface area contributed by atoms with Crippen molar-refractivity contribution in [3.8, 4) is 0 Å². The summed E-state index contributed by atoms with van der Waals surface area (Å²) in [5, 5.41) is 5.21. The average molecular weight is 534 g/mol. The van der Waals surface area contributed by atoms with E-state index in [1.165, 1.54) is 6.07 Å². The quantitative estimate of drug-likeness (QED) is 0.532. The second-order valence-electron chi connectivity index (χ2n) is 10.8. The molecule has 1 saturated carbocycles. The van der Waals surface area contributed by atoms with Crippen molar-refractivity contribution in [1.29, 1.82) is 0 Å². The Balaban J connectivity index is 2.08. The van der Waals surface area contributed by atoms with Gasteiger partial charge in [0, 0.05) is 23.7 Å². The number of hydrogen-bond acceptors (Lipinski definition) is 5. The van der Waals surface area contributed by atoms with Crippen LogP contribution in [0.2, 0.25) is 0 Å². The fraction of sp³-hybridized carbons (Fsp3) is 0.680. The van der Waals surface area contributed by atoms with Crippen LogP contribution in [0.1, 0.15) is 69.8 Å². The summed E-state index contributed by atoms with van der Waals surface area (Å²) >= 11 is 0. The number of benzene rings is 1.